The maximum Gasteiger partial charge on any atom is 0.303 e. The Labute approximate surface area is 245 Å². The van der Waals surface area contributed by atoms with Crippen molar-refractivity contribution in [2.75, 3.05) is 0 Å². The van der Waals surface area contributed by atoms with Crippen LogP contribution in [0.15, 0.2) is 52.9 Å². The van der Waals surface area contributed by atoms with E-state index in [2.05, 4.69) is 71.9 Å². The molecule has 218 valence electrons. The minimum atomic E-state index is -0.855. The number of carboxylic acids is 2. The summed E-state index contributed by atoms with van der Waals surface area (Å²) in [6.07, 6.45) is 12.9. The Balaban J connectivity index is 1.80. The van der Waals surface area contributed by atoms with Gasteiger partial charge in [-0.05, 0) is 104 Å². The van der Waals surface area contributed by atoms with Crippen molar-refractivity contribution in [2.24, 2.45) is 0 Å². The normalized spacial score (nSPS) is 19.3. The van der Waals surface area contributed by atoms with E-state index in [4.69, 9.17) is 0 Å². The molecule has 6 N–H and O–H groups in total. The van der Waals surface area contributed by atoms with E-state index in [9.17, 15) is 19.8 Å². The van der Waals surface area contributed by atoms with Crippen molar-refractivity contribution in [1.82, 2.24) is 20.6 Å². The SMILES string of the molecule is C=CC1=C(C)C2=Cc3[nH]c(c(C)c3C=C)C=C3NC(C=c4[nH]c(c(C)c4CCC(=O)O)=CC1N2)C(CCC(=O)O)=C3C. The number of aromatic amines is 2. The van der Waals surface area contributed by atoms with Crippen molar-refractivity contribution in [3.8, 4) is 0 Å². The second-order valence-electron chi connectivity index (χ2n) is 11.2. The van der Waals surface area contributed by atoms with E-state index >= 15 is 0 Å². The van der Waals surface area contributed by atoms with Crippen molar-refractivity contribution >= 4 is 42.3 Å². The molecule has 0 aromatic carbocycles. The van der Waals surface area contributed by atoms with Gasteiger partial charge in [-0.2, -0.15) is 0 Å². The number of nitrogens with one attached hydrogen (secondary N) is 4. The molecule has 2 atom stereocenters. The van der Waals surface area contributed by atoms with Crippen LogP contribution in [0.25, 0.3) is 30.4 Å². The molecule has 0 fully saturated rings. The molecule has 42 heavy (non-hydrogen) atoms. The highest BCUT2D eigenvalue weighted by molar-refractivity contribution is 5.76. The maximum absolute atomic E-state index is 11.5. The molecule has 0 spiro atoms. The van der Waals surface area contributed by atoms with Crippen LogP contribution in [-0.4, -0.2) is 44.2 Å². The summed E-state index contributed by atoms with van der Waals surface area (Å²) in [7, 11) is 0. The number of carboxylic acid groups (broad SMARTS) is 2. The lowest BCUT2D eigenvalue weighted by Gasteiger charge is -2.12. The minimum absolute atomic E-state index is 0.00823. The first-order chi connectivity index (χ1) is 20.0. The van der Waals surface area contributed by atoms with Gasteiger partial charge < -0.3 is 30.8 Å². The van der Waals surface area contributed by atoms with Gasteiger partial charge in [0.2, 0.25) is 0 Å². The molecule has 3 aliphatic rings. The van der Waals surface area contributed by atoms with Gasteiger partial charge in [-0.3, -0.25) is 9.59 Å². The number of fused-ring (bicyclic) bond motifs is 8. The highest BCUT2D eigenvalue weighted by Crippen LogP contribution is 2.33. The average molecular weight is 567 g/mol. The Kier molecular flexibility index (Phi) is 7.73. The second kappa shape index (κ2) is 11.3. The summed E-state index contributed by atoms with van der Waals surface area (Å²) in [5.74, 6) is -1.70. The van der Waals surface area contributed by atoms with Crippen molar-refractivity contribution in [3.05, 3.63) is 97.3 Å². The summed E-state index contributed by atoms with van der Waals surface area (Å²) in [5.41, 5.74) is 12.0. The second-order valence-corrected chi connectivity index (χ2v) is 11.2. The molecule has 2 aromatic rings. The van der Waals surface area contributed by atoms with Crippen LogP contribution in [0.3, 0.4) is 0 Å². The van der Waals surface area contributed by atoms with E-state index in [1.165, 1.54) is 0 Å². The summed E-state index contributed by atoms with van der Waals surface area (Å²) in [6.45, 7) is 16.3. The number of hydrogen-bond acceptors (Lipinski definition) is 4. The molecular formula is C34H38N4O4. The first kappa shape index (κ1) is 28.8. The average Bonchev–Trinajstić information content (AvgIpc) is 3.59. The van der Waals surface area contributed by atoms with Crippen LogP contribution >= 0.6 is 0 Å². The maximum atomic E-state index is 11.5. The molecular weight excluding hydrogens is 528 g/mol. The third-order valence-electron chi connectivity index (χ3n) is 8.74. The van der Waals surface area contributed by atoms with Gasteiger partial charge in [0, 0.05) is 51.9 Å². The van der Waals surface area contributed by atoms with Crippen molar-refractivity contribution in [1.29, 1.82) is 0 Å². The fourth-order valence-electron chi connectivity index (χ4n) is 6.29. The highest BCUT2D eigenvalue weighted by Gasteiger charge is 2.28. The molecule has 5 heterocycles. The third-order valence-corrected chi connectivity index (χ3v) is 8.74. The predicted molar refractivity (Wildman–Crippen MR) is 168 cm³/mol. The molecule has 8 heteroatoms. The first-order valence-corrected chi connectivity index (χ1v) is 14.2. The van der Waals surface area contributed by atoms with Crippen molar-refractivity contribution in [2.45, 2.75) is 65.5 Å². The van der Waals surface area contributed by atoms with E-state index in [1.807, 2.05) is 26.0 Å². The molecule has 8 bridgehead atoms. The van der Waals surface area contributed by atoms with Crippen LogP contribution in [0.2, 0.25) is 0 Å². The van der Waals surface area contributed by atoms with Crippen LogP contribution in [0.1, 0.15) is 66.8 Å². The third kappa shape index (κ3) is 5.20. The molecule has 0 radical (unpaired) electrons. The van der Waals surface area contributed by atoms with E-state index < -0.39 is 11.9 Å². The van der Waals surface area contributed by atoms with Gasteiger partial charge in [0.15, 0.2) is 0 Å². The van der Waals surface area contributed by atoms with Crippen LogP contribution in [0.4, 0.5) is 0 Å². The summed E-state index contributed by atoms with van der Waals surface area (Å²) < 4.78 is 0. The Morgan fingerprint density at radius 2 is 1.40 bits per heavy atom. The van der Waals surface area contributed by atoms with Crippen molar-refractivity contribution in [3.63, 3.8) is 0 Å². The molecule has 5 rings (SSSR count). The summed E-state index contributed by atoms with van der Waals surface area (Å²) >= 11 is 0. The molecule has 2 aromatic heterocycles. The zero-order valence-electron chi connectivity index (χ0n) is 24.6. The van der Waals surface area contributed by atoms with E-state index in [0.29, 0.717) is 12.8 Å². The van der Waals surface area contributed by atoms with E-state index in [0.717, 1.165) is 78.0 Å². The van der Waals surface area contributed by atoms with Gasteiger partial charge >= 0.3 is 11.9 Å². The lowest BCUT2D eigenvalue weighted by atomic mass is 9.98. The lowest BCUT2D eigenvalue weighted by molar-refractivity contribution is -0.138. The molecule has 0 saturated heterocycles. The fraction of sp³-hybridized carbons (Fsp3) is 0.294. The largest absolute Gasteiger partial charge is 0.481 e. The number of aliphatic carboxylic acids is 2. The Morgan fingerprint density at radius 3 is 2.07 bits per heavy atom. The highest BCUT2D eigenvalue weighted by atomic mass is 16.4. The summed E-state index contributed by atoms with van der Waals surface area (Å²) in [4.78, 5) is 30.2. The number of allylic oxidation sites excluding steroid dienone is 2. The number of hydrogen-bond donors (Lipinski definition) is 6. The van der Waals surface area contributed by atoms with Crippen molar-refractivity contribution < 1.29 is 19.8 Å². The van der Waals surface area contributed by atoms with E-state index in [-0.39, 0.29) is 24.9 Å². The number of H-pyrrole nitrogens is 2. The van der Waals surface area contributed by atoms with Crippen LogP contribution < -0.4 is 21.3 Å². The van der Waals surface area contributed by atoms with Gasteiger partial charge in [-0.1, -0.05) is 25.3 Å². The van der Waals surface area contributed by atoms with Crippen LogP contribution in [-0.2, 0) is 16.0 Å². The lowest BCUT2D eigenvalue weighted by Crippen LogP contribution is -2.27. The van der Waals surface area contributed by atoms with Crippen LogP contribution in [0.5, 0.6) is 0 Å². The fourth-order valence-corrected chi connectivity index (χ4v) is 6.29. The summed E-state index contributed by atoms with van der Waals surface area (Å²) in [6, 6.07) is -0.389. The van der Waals surface area contributed by atoms with Gasteiger partial charge in [0.25, 0.3) is 0 Å². The molecule has 3 aliphatic heterocycles. The Bertz CT molecular complexity index is 1770. The van der Waals surface area contributed by atoms with Gasteiger partial charge in [0.1, 0.15) is 0 Å². The standard InChI is InChI=1S/C34H38N4O4/c1-7-21-17(3)25-13-26-19(5)23(9-11-33(39)40)31(37-26)16-32-24(10-12-34(41)42)20(6)28(38-32)15-30-22(8-2)18(4)27(36-30)14-29(21)35-25/h7-8,13-16,30-31,35-38H,1-2,9-12H2,3-6H3,(H,39,40)(H,41,42). The minimum Gasteiger partial charge on any atom is -0.481 e. The Hall–Kier alpha value is -4.72. The quantitative estimate of drug-likeness (QED) is 0.284. The van der Waals surface area contributed by atoms with Gasteiger partial charge in [0.05, 0.1) is 12.1 Å². The zero-order valence-corrected chi connectivity index (χ0v) is 24.6. The number of carbonyl (C=O) groups is 2. The van der Waals surface area contributed by atoms with E-state index in [1.54, 1.807) is 0 Å². The smallest absolute Gasteiger partial charge is 0.303 e. The Morgan fingerprint density at radius 1 is 0.786 bits per heavy atom. The molecule has 0 aliphatic carbocycles. The van der Waals surface area contributed by atoms with Crippen LogP contribution in [0, 0.1) is 13.8 Å². The van der Waals surface area contributed by atoms with Gasteiger partial charge in [-0.25, -0.2) is 0 Å². The number of rotatable bonds is 8. The first-order valence-electron chi connectivity index (χ1n) is 14.2. The zero-order chi connectivity index (χ0) is 30.3. The topological polar surface area (TPSA) is 130 Å². The van der Waals surface area contributed by atoms with Gasteiger partial charge in [-0.15, -0.1) is 0 Å². The molecule has 8 nitrogen and oxygen atoms in total. The summed E-state index contributed by atoms with van der Waals surface area (Å²) in [5, 5.41) is 28.0. The monoisotopic (exact) mass is 566 g/mol. The number of aromatic nitrogens is 2. The molecule has 2 unspecified atom stereocenters. The molecule has 0 amide bonds. The predicted octanol–water partition coefficient (Wildman–Crippen LogP) is 4.20. The molecule has 0 saturated carbocycles.